The quantitative estimate of drug-likeness (QED) is 0.0649. The van der Waals surface area contributed by atoms with Gasteiger partial charge < -0.3 is 35.4 Å². The molecule has 0 saturated heterocycles. The van der Waals surface area contributed by atoms with E-state index in [4.69, 9.17) is 20.4 Å². The second kappa shape index (κ2) is 12.4. The second-order valence-electron chi connectivity index (χ2n) is 9.43. The van der Waals surface area contributed by atoms with Gasteiger partial charge in [0.25, 0.3) is 0 Å². The van der Waals surface area contributed by atoms with Crippen LogP contribution in [0.5, 0.6) is 11.5 Å². The summed E-state index contributed by atoms with van der Waals surface area (Å²) in [5, 5.41) is 29.5. The molecule has 5 rings (SSSR count). The monoisotopic (exact) mass is 602 g/mol. The van der Waals surface area contributed by atoms with Crippen molar-refractivity contribution in [2.45, 2.75) is 12.6 Å². The van der Waals surface area contributed by atoms with Crippen molar-refractivity contribution >= 4 is 17.5 Å². The number of imidazole rings is 1. The zero-order valence-electron chi connectivity index (χ0n) is 23.4. The Balaban J connectivity index is 1.60. The van der Waals surface area contributed by atoms with Crippen LogP contribution in [0.1, 0.15) is 39.0 Å². The molecule has 6 N–H and O–H groups in total. The summed E-state index contributed by atoms with van der Waals surface area (Å²) in [7, 11) is 2.76. The number of aromatic nitrogens is 5. The van der Waals surface area contributed by atoms with Gasteiger partial charge in [-0.3, -0.25) is 4.98 Å². The molecule has 0 fully saturated rings. The molecule has 0 radical (unpaired) electrons. The number of nitrogens with two attached hydrogens (primary N) is 1. The summed E-state index contributed by atoms with van der Waals surface area (Å²) in [6.07, 6.45) is 1.30. The smallest absolute Gasteiger partial charge is 0.356 e. The van der Waals surface area contributed by atoms with Crippen molar-refractivity contribution in [2.24, 2.45) is 10.9 Å². The van der Waals surface area contributed by atoms with E-state index in [1.165, 1.54) is 31.2 Å². The summed E-state index contributed by atoms with van der Waals surface area (Å²) in [5.74, 6) is -2.06. The number of carboxylic acids is 1. The SMILES string of the molecule is COc1cc(F)c(C(Nc2ccc(/C(N)=N/O)cc2)c2nn(-c3ncn(Cc4ccccc4)c3C(=O)O)c(=O)[nH]2)cc1OC. The number of aromatic amines is 1. The predicted molar refractivity (Wildman–Crippen MR) is 156 cm³/mol. The number of aromatic carboxylic acids is 1. The van der Waals surface area contributed by atoms with Crippen molar-refractivity contribution in [3.63, 3.8) is 0 Å². The predicted octanol–water partition coefficient (Wildman–Crippen LogP) is 2.96. The Morgan fingerprint density at radius 2 is 1.80 bits per heavy atom. The second-order valence-corrected chi connectivity index (χ2v) is 9.43. The van der Waals surface area contributed by atoms with E-state index in [0.717, 1.165) is 16.3 Å². The average molecular weight is 603 g/mol. The summed E-state index contributed by atoms with van der Waals surface area (Å²) in [4.78, 5) is 32.3. The fraction of sp³-hybridized carbons (Fsp3) is 0.138. The number of amidine groups is 1. The number of H-pyrrole nitrogens is 1. The molecule has 5 aromatic rings. The van der Waals surface area contributed by atoms with Crippen LogP contribution >= 0.6 is 0 Å². The zero-order chi connectivity index (χ0) is 31.4. The highest BCUT2D eigenvalue weighted by atomic mass is 19.1. The lowest BCUT2D eigenvalue weighted by atomic mass is 10.0. The number of anilines is 1. The van der Waals surface area contributed by atoms with Crippen LogP contribution in [-0.2, 0) is 6.54 Å². The number of nitrogens with zero attached hydrogens (tertiary/aromatic N) is 5. The van der Waals surface area contributed by atoms with Crippen molar-refractivity contribution in [3.8, 4) is 17.3 Å². The minimum absolute atomic E-state index is 0.0251. The van der Waals surface area contributed by atoms with E-state index < -0.39 is 23.5 Å². The maximum absolute atomic E-state index is 15.6. The van der Waals surface area contributed by atoms with Gasteiger partial charge in [0.05, 0.1) is 20.5 Å². The number of methoxy groups -OCH3 is 2. The number of hydrogen-bond donors (Lipinski definition) is 5. The van der Waals surface area contributed by atoms with Crippen LogP contribution in [0.4, 0.5) is 10.1 Å². The van der Waals surface area contributed by atoms with E-state index in [-0.39, 0.29) is 46.8 Å². The number of rotatable bonds is 11. The topological polar surface area (TPSA) is 195 Å². The highest BCUT2D eigenvalue weighted by Gasteiger charge is 2.28. The van der Waals surface area contributed by atoms with Gasteiger partial charge in [-0.05, 0) is 35.9 Å². The normalized spacial score (nSPS) is 12.1. The molecule has 0 aliphatic carbocycles. The standard InChI is InChI=1S/C29H27FN8O6/c1-43-21-12-19(20(30)13-22(21)44-2)23(33-18-10-8-17(9-11-18)25(31)36-42)26-34-29(41)38(35-26)27-24(28(39)40)37(15-32-27)14-16-6-4-3-5-7-16/h3-13,15,23,33,42H,14H2,1-2H3,(H2,31,36)(H,39,40)(H,34,35,41). The van der Waals surface area contributed by atoms with Crippen LogP contribution < -0.4 is 26.2 Å². The Morgan fingerprint density at radius 3 is 2.43 bits per heavy atom. The van der Waals surface area contributed by atoms with Gasteiger partial charge in [-0.1, -0.05) is 35.5 Å². The van der Waals surface area contributed by atoms with Crippen LogP contribution in [0.15, 0.2) is 83.0 Å². The molecule has 3 aromatic carbocycles. The van der Waals surface area contributed by atoms with Crippen molar-refractivity contribution in [1.82, 2.24) is 24.3 Å². The largest absolute Gasteiger partial charge is 0.493 e. The van der Waals surface area contributed by atoms with Gasteiger partial charge in [0.2, 0.25) is 0 Å². The van der Waals surface area contributed by atoms with Gasteiger partial charge in [0.15, 0.2) is 34.7 Å². The van der Waals surface area contributed by atoms with Gasteiger partial charge in [-0.25, -0.2) is 19.0 Å². The number of halogens is 1. The number of benzene rings is 3. The van der Waals surface area contributed by atoms with E-state index in [1.807, 2.05) is 30.3 Å². The van der Waals surface area contributed by atoms with Crippen LogP contribution in [0, 0.1) is 5.82 Å². The number of oxime groups is 1. The Kier molecular flexibility index (Phi) is 8.28. The van der Waals surface area contributed by atoms with Gasteiger partial charge in [-0.15, -0.1) is 5.10 Å². The summed E-state index contributed by atoms with van der Waals surface area (Å²) < 4.78 is 28.3. The highest BCUT2D eigenvalue weighted by Crippen LogP contribution is 2.35. The first-order valence-electron chi connectivity index (χ1n) is 13.0. The molecule has 2 aromatic heterocycles. The molecule has 0 spiro atoms. The van der Waals surface area contributed by atoms with E-state index >= 15 is 4.39 Å². The molecule has 0 amide bonds. The summed E-state index contributed by atoms with van der Waals surface area (Å²) in [6.45, 7) is 0.185. The third kappa shape index (κ3) is 5.78. The lowest BCUT2D eigenvalue weighted by molar-refractivity contribution is 0.0685. The Hall–Kier alpha value is -6.12. The van der Waals surface area contributed by atoms with Crippen molar-refractivity contribution in [2.75, 3.05) is 19.5 Å². The van der Waals surface area contributed by atoms with E-state index in [0.29, 0.717) is 11.3 Å². The fourth-order valence-electron chi connectivity index (χ4n) is 4.61. The molecule has 14 nitrogen and oxygen atoms in total. The molecule has 1 atom stereocenters. The Morgan fingerprint density at radius 1 is 1.11 bits per heavy atom. The minimum atomic E-state index is -1.32. The summed E-state index contributed by atoms with van der Waals surface area (Å²) >= 11 is 0. The number of ether oxygens (including phenoxy) is 2. The fourth-order valence-corrected chi connectivity index (χ4v) is 4.61. The molecule has 0 saturated carbocycles. The first-order chi connectivity index (χ1) is 21.2. The van der Waals surface area contributed by atoms with Gasteiger partial charge in [0.1, 0.15) is 11.9 Å². The Bertz CT molecular complexity index is 1880. The van der Waals surface area contributed by atoms with E-state index in [2.05, 4.69) is 25.5 Å². The maximum atomic E-state index is 15.6. The van der Waals surface area contributed by atoms with E-state index in [1.54, 1.807) is 24.3 Å². The lowest BCUT2D eigenvalue weighted by Crippen LogP contribution is -2.20. The molecular formula is C29H27FN8O6. The van der Waals surface area contributed by atoms with Crippen molar-refractivity contribution in [1.29, 1.82) is 0 Å². The number of carbonyl (C=O) groups is 1. The molecule has 0 aliphatic heterocycles. The minimum Gasteiger partial charge on any atom is -0.493 e. The molecule has 1 unspecified atom stereocenters. The van der Waals surface area contributed by atoms with Crippen molar-refractivity contribution < 1.29 is 29.0 Å². The first-order valence-corrected chi connectivity index (χ1v) is 13.0. The summed E-state index contributed by atoms with van der Waals surface area (Å²) in [5.41, 5.74) is 6.31. The first kappa shape index (κ1) is 29.4. The molecule has 15 heteroatoms. The molecule has 226 valence electrons. The third-order valence-electron chi connectivity index (χ3n) is 6.74. The molecule has 2 heterocycles. The number of hydrogen-bond acceptors (Lipinski definition) is 9. The molecule has 44 heavy (non-hydrogen) atoms. The van der Waals surface area contributed by atoms with Crippen molar-refractivity contribution in [3.05, 3.63) is 118 Å². The van der Waals surface area contributed by atoms with Gasteiger partial charge >= 0.3 is 11.7 Å². The maximum Gasteiger partial charge on any atom is 0.356 e. The van der Waals surface area contributed by atoms with Crippen LogP contribution in [0.25, 0.3) is 5.82 Å². The summed E-state index contributed by atoms with van der Waals surface area (Å²) in [6, 6.07) is 16.9. The highest BCUT2D eigenvalue weighted by molar-refractivity contribution is 5.97. The molecule has 0 aliphatic rings. The molecule has 0 bridgehead atoms. The zero-order valence-corrected chi connectivity index (χ0v) is 23.4. The number of carboxylic acid groups (broad SMARTS) is 1. The van der Waals surface area contributed by atoms with Gasteiger partial charge in [0, 0.05) is 29.4 Å². The Labute approximate surface area is 248 Å². The van der Waals surface area contributed by atoms with Crippen LogP contribution in [-0.4, -0.2) is 60.7 Å². The van der Waals surface area contributed by atoms with E-state index in [9.17, 15) is 14.7 Å². The van der Waals surface area contributed by atoms with Gasteiger partial charge in [-0.2, -0.15) is 4.68 Å². The lowest BCUT2D eigenvalue weighted by Gasteiger charge is -2.20. The number of nitrogens with one attached hydrogen (secondary N) is 2. The average Bonchev–Trinajstić information content (AvgIpc) is 3.63. The van der Waals surface area contributed by atoms with Crippen LogP contribution in [0.2, 0.25) is 0 Å². The third-order valence-corrected chi connectivity index (χ3v) is 6.74. The molecular weight excluding hydrogens is 575 g/mol. The van der Waals surface area contributed by atoms with Crippen LogP contribution in [0.3, 0.4) is 0 Å².